The second-order valence-corrected chi connectivity index (χ2v) is 13.9. The van der Waals surface area contributed by atoms with Gasteiger partial charge in [0.2, 0.25) is 0 Å². The number of para-hydroxylation sites is 1. The maximum absolute atomic E-state index is 15.7. The number of methoxy groups -OCH3 is 2. The van der Waals surface area contributed by atoms with Gasteiger partial charge in [0.25, 0.3) is 7.37 Å². The van der Waals surface area contributed by atoms with Crippen molar-refractivity contribution in [3.63, 3.8) is 0 Å². The summed E-state index contributed by atoms with van der Waals surface area (Å²) in [5.74, 6) is 1.85. The molecule has 5 atom stereocenters. The lowest BCUT2D eigenvalue weighted by Crippen LogP contribution is -2.35. The largest absolute Gasteiger partial charge is 0.493 e. The number of anilines is 2. The minimum absolute atomic E-state index is 0.108. The van der Waals surface area contributed by atoms with Gasteiger partial charge in [0.05, 0.1) is 20.3 Å². The van der Waals surface area contributed by atoms with E-state index in [4.69, 9.17) is 14.0 Å². The van der Waals surface area contributed by atoms with Gasteiger partial charge in [-0.15, -0.1) is 0 Å². The normalized spacial score (nSPS) is 21.4. The van der Waals surface area contributed by atoms with E-state index < -0.39 is 13.2 Å². The zero-order valence-electron chi connectivity index (χ0n) is 25.0. The van der Waals surface area contributed by atoms with Gasteiger partial charge in [-0.25, -0.2) is 0 Å². The predicted octanol–water partition coefficient (Wildman–Crippen LogP) is 7.96. The Balaban J connectivity index is 1.89. The molecule has 0 amide bonds. The Labute approximate surface area is 240 Å². The number of ether oxygens (including phenoxy) is 2. The van der Waals surface area contributed by atoms with Crippen LogP contribution in [-0.4, -0.2) is 34.4 Å². The first kappa shape index (κ1) is 30.0. The molecule has 4 rings (SSSR count). The highest BCUT2D eigenvalue weighted by atomic mass is 31.2. The number of hydrogen-bond donors (Lipinski definition) is 1. The zero-order chi connectivity index (χ0) is 28.9. The molecular formula is C33H45N2O4P. The number of hydrogen-bond acceptors (Lipinski definition) is 6. The lowest BCUT2D eigenvalue weighted by molar-refractivity contribution is 0.0488. The molecule has 0 aromatic heterocycles. The summed E-state index contributed by atoms with van der Waals surface area (Å²) in [6.45, 7) is 6.78. The lowest BCUT2D eigenvalue weighted by Gasteiger charge is -2.41. The molecule has 40 heavy (non-hydrogen) atoms. The van der Waals surface area contributed by atoms with Crippen molar-refractivity contribution >= 4 is 24.0 Å². The van der Waals surface area contributed by atoms with Gasteiger partial charge in [0.15, 0.2) is 11.5 Å². The van der Waals surface area contributed by atoms with E-state index in [0.29, 0.717) is 34.6 Å². The van der Waals surface area contributed by atoms with E-state index in [1.165, 1.54) is 6.42 Å². The number of rotatable bonds is 11. The molecule has 0 spiro atoms. The molecular weight excluding hydrogens is 519 g/mol. The maximum atomic E-state index is 15.7. The molecule has 1 aliphatic carbocycles. The lowest BCUT2D eigenvalue weighted by atomic mass is 9.75. The molecule has 0 unspecified atom stereocenters. The van der Waals surface area contributed by atoms with Crippen LogP contribution in [0.4, 0.5) is 11.4 Å². The van der Waals surface area contributed by atoms with Crippen LogP contribution in [0.3, 0.4) is 0 Å². The Morgan fingerprint density at radius 2 is 1.57 bits per heavy atom. The third-order valence-corrected chi connectivity index (χ3v) is 10.8. The van der Waals surface area contributed by atoms with Crippen LogP contribution in [0.25, 0.3) is 0 Å². The quantitative estimate of drug-likeness (QED) is 0.239. The SMILES string of the molecule is COc1ccc([C@H](Nc2ccccc2)[P@](=O)(O[C@@H]2C[C@H](C)CC[C@@H]2C(C)C)c2ccc(N(C)C)cc2)cc1OC. The fraction of sp³-hybridized carbons (Fsp3) is 0.455. The van der Waals surface area contributed by atoms with E-state index in [9.17, 15) is 0 Å². The molecule has 1 fully saturated rings. The summed E-state index contributed by atoms with van der Waals surface area (Å²) in [7, 11) is 3.68. The van der Waals surface area contributed by atoms with Gasteiger partial charge in [0, 0.05) is 30.8 Å². The summed E-state index contributed by atoms with van der Waals surface area (Å²) < 4.78 is 33.9. The average molecular weight is 565 g/mol. The van der Waals surface area contributed by atoms with Crippen LogP contribution < -0.4 is 25.0 Å². The molecule has 3 aromatic rings. The number of nitrogens with one attached hydrogen (secondary N) is 1. The maximum Gasteiger partial charge on any atom is 0.258 e. The van der Waals surface area contributed by atoms with Crippen molar-refractivity contribution < 1.29 is 18.6 Å². The van der Waals surface area contributed by atoms with Gasteiger partial charge in [0.1, 0.15) is 5.78 Å². The van der Waals surface area contributed by atoms with Crippen molar-refractivity contribution in [3.8, 4) is 11.5 Å². The summed E-state index contributed by atoms with van der Waals surface area (Å²) >= 11 is 0. The standard InChI is InChI=1S/C33H45N2O4P/c1-23(2)29-19-13-24(3)21-31(29)39-40(36,28-17-15-27(16-18-28)35(4)5)33(34-26-11-9-8-10-12-26)25-14-20-30(37-6)32(22-25)38-7/h8-12,14-18,20,22-24,29,31,33-34H,13,19,21H2,1-7H3/t24-,29-,31-,33-,40-/m1/s1. The highest BCUT2D eigenvalue weighted by Crippen LogP contribution is 2.62. The van der Waals surface area contributed by atoms with Crippen LogP contribution in [0.2, 0.25) is 0 Å². The molecule has 1 saturated carbocycles. The summed E-state index contributed by atoms with van der Waals surface area (Å²) in [5.41, 5.74) is 2.72. The molecule has 0 heterocycles. The Bertz CT molecular complexity index is 1280. The Hall–Kier alpha value is -2.95. The van der Waals surface area contributed by atoms with Crippen molar-refractivity contribution in [2.75, 3.05) is 38.5 Å². The van der Waals surface area contributed by atoms with Gasteiger partial charge in [-0.2, -0.15) is 0 Å². The average Bonchev–Trinajstić information content (AvgIpc) is 2.96. The number of nitrogens with zero attached hydrogens (tertiary/aromatic N) is 1. The van der Waals surface area contributed by atoms with Crippen molar-refractivity contribution in [2.24, 2.45) is 17.8 Å². The summed E-state index contributed by atoms with van der Waals surface area (Å²) in [4.78, 5) is 2.04. The molecule has 0 saturated heterocycles. The van der Waals surface area contributed by atoms with Crippen LogP contribution in [0.15, 0.2) is 72.8 Å². The first-order valence-electron chi connectivity index (χ1n) is 14.3. The highest BCUT2D eigenvalue weighted by Gasteiger charge is 2.43. The first-order valence-corrected chi connectivity index (χ1v) is 15.9. The molecule has 3 aromatic carbocycles. The van der Waals surface area contributed by atoms with Crippen LogP contribution in [0.5, 0.6) is 11.5 Å². The second kappa shape index (κ2) is 13.1. The number of benzene rings is 3. The topological polar surface area (TPSA) is 60.0 Å². The van der Waals surface area contributed by atoms with Gasteiger partial charge in [-0.3, -0.25) is 4.57 Å². The van der Waals surface area contributed by atoms with Gasteiger partial charge in [-0.05, 0) is 84.7 Å². The third-order valence-electron chi connectivity index (χ3n) is 8.12. The van der Waals surface area contributed by atoms with E-state index in [1.54, 1.807) is 14.2 Å². The minimum atomic E-state index is -3.57. The van der Waals surface area contributed by atoms with Crippen molar-refractivity contribution in [2.45, 2.75) is 51.9 Å². The smallest absolute Gasteiger partial charge is 0.258 e. The van der Waals surface area contributed by atoms with Crippen LogP contribution >= 0.6 is 7.37 Å². The third kappa shape index (κ3) is 6.67. The monoisotopic (exact) mass is 564 g/mol. The van der Waals surface area contributed by atoms with E-state index in [0.717, 1.165) is 29.8 Å². The van der Waals surface area contributed by atoms with Crippen molar-refractivity contribution in [1.29, 1.82) is 0 Å². The minimum Gasteiger partial charge on any atom is -0.493 e. The Kier molecular flexibility index (Phi) is 9.86. The molecule has 1 aliphatic rings. The van der Waals surface area contributed by atoms with Crippen LogP contribution in [0.1, 0.15) is 51.4 Å². The van der Waals surface area contributed by atoms with E-state index in [2.05, 4.69) is 26.1 Å². The summed E-state index contributed by atoms with van der Waals surface area (Å²) in [5, 5.41) is 4.31. The molecule has 0 radical (unpaired) electrons. The molecule has 216 valence electrons. The fourth-order valence-corrected chi connectivity index (χ4v) is 8.37. The van der Waals surface area contributed by atoms with E-state index in [-0.39, 0.29) is 6.10 Å². The Morgan fingerprint density at radius 3 is 2.17 bits per heavy atom. The fourth-order valence-electron chi connectivity index (χ4n) is 5.75. The van der Waals surface area contributed by atoms with Crippen LogP contribution in [0, 0.1) is 17.8 Å². The van der Waals surface area contributed by atoms with Gasteiger partial charge >= 0.3 is 0 Å². The van der Waals surface area contributed by atoms with E-state index >= 15 is 4.57 Å². The second-order valence-electron chi connectivity index (χ2n) is 11.5. The predicted molar refractivity (Wildman–Crippen MR) is 167 cm³/mol. The molecule has 1 N–H and O–H groups in total. The van der Waals surface area contributed by atoms with Gasteiger partial charge < -0.3 is 24.2 Å². The molecule has 0 bridgehead atoms. The zero-order valence-corrected chi connectivity index (χ0v) is 25.9. The molecule has 6 nitrogen and oxygen atoms in total. The summed E-state index contributed by atoms with van der Waals surface area (Å²) in [6.07, 6.45) is 3.04. The molecule has 0 aliphatic heterocycles. The van der Waals surface area contributed by atoms with Crippen molar-refractivity contribution in [1.82, 2.24) is 0 Å². The Morgan fingerprint density at radius 1 is 0.900 bits per heavy atom. The highest BCUT2D eigenvalue weighted by molar-refractivity contribution is 7.67. The first-order chi connectivity index (χ1) is 19.2. The summed E-state index contributed by atoms with van der Waals surface area (Å²) in [6, 6.07) is 23.6. The molecule has 7 heteroatoms. The van der Waals surface area contributed by atoms with Gasteiger partial charge in [-0.1, -0.05) is 51.5 Å². The van der Waals surface area contributed by atoms with E-state index in [1.807, 2.05) is 91.8 Å². The van der Waals surface area contributed by atoms with Crippen molar-refractivity contribution in [3.05, 3.63) is 78.4 Å². The van der Waals surface area contributed by atoms with Crippen LogP contribution in [-0.2, 0) is 9.09 Å².